The molecule has 0 amide bonds. The minimum atomic E-state index is -3.35. The first-order valence-electron chi connectivity index (χ1n) is 7.87. The molecule has 0 aliphatic heterocycles. The van der Waals surface area contributed by atoms with Crippen molar-refractivity contribution >= 4 is 32.3 Å². The molecular formula is C17H20N4O3S. The van der Waals surface area contributed by atoms with Crippen LogP contribution < -0.4 is 14.8 Å². The Labute approximate surface area is 146 Å². The number of nitrogens with one attached hydrogen (secondary N) is 3. The van der Waals surface area contributed by atoms with Crippen LogP contribution >= 0.6 is 0 Å². The van der Waals surface area contributed by atoms with Gasteiger partial charge in [0.15, 0.2) is 0 Å². The van der Waals surface area contributed by atoms with Crippen molar-refractivity contribution in [3.63, 3.8) is 0 Å². The van der Waals surface area contributed by atoms with Crippen molar-refractivity contribution in [3.05, 3.63) is 48.2 Å². The van der Waals surface area contributed by atoms with Crippen LogP contribution in [0.25, 0.3) is 10.9 Å². The number of ether oxygens (including phenoxy) is 1. The summed E-state index contributed by atoms with van der Waals surface area (Å²) in [6.45, 7) is 2.14. The molecule has 132 valence electrons. The van der Waals surface area contributed by atoms with E-state index in [1.54, 1.807) is 25.1 Å². The van der Waals surface area contributed by atoms with Crippen LogP contribution in [0.15, 0.2) is 42.5 Å². The Morgan fingerprint density at radius 3 is 2.76 bits per heavy atom. The summed E-state index contributed by atoms with van der Waals surface area (Å²) in [5.74, 6) is 0.458. The second-order valence-corrected chi connectivity index (χ2v) is 7.50. The molecule has 0 radical (unpaired) electrons. The summed E-state index contributed by atoms with van der Waals surface area (Å²) < 4.78 is 31.3. The average molecular weight is 360 g/mol. The second kappa shape index (κ2) is 7.02. The fourth-order valence-corrected chi connectivity index (χ4v) is 3.11. The maximum absolute atomic E-state index is 11.7. The van der Waals surface area contributed by atoms with Gasteiger partial charge in [-0.25, -0.2) is 8.42 Å². The molecule has 7 nitrogen and oxygen atoms in total. The highest BCUT2D eigenvalue weighted by Gasteiger charge is 2.12. The molecule has 0 fully saturated rings. The molecule has 25 heavy (non-hydrogen) atoms. The highest BCUT2D eigenvalue weighted by Crippen LogP contribution is 2.29. The minimum absolute atomic E-state index is 0.00303. The van der Waals surface area contributed by atoms with Crippen LogP contribution in [0.4, 0.5) is 11.4 Å². The average Bonchev–Trinajstić information content (AvgIpc) is 3.04. The number of hydrogen-bond donors (Lipinski definition) is 3. The van der Waals surface area contributed by atoms with Gasteiger partial charge in [0, 0.05) is 17.1 Å². The van der Waals surface area contributed by atoms with E-state index in [1.165, 1.54) is 7.11 Å². The van der Waals surface area contributed by atoms with E-state index in [-0.39, 0.29) is 5.75 Å². The van der Waals surface area contributed by atoms with Crippen molar-refractivity contribution in [1.29, 1.82) is 0 Å². The van der Waals surface area contributed by atoms with E-state index >= 15 is 0 Å². The highest BCUT2D eigenvalue weighted by molar-refractivity contribution is 7.92. The number of H-pyrrole nitrogens is 1. The number of fused-ring (bicyclic) bond motifs is 1. The highest BCUT2D eigenvalue weighted by atomic mass is 32.2. The van der Waals surface area contributed by atoms with Crippen molar-refractivity contribution in [3.8, 4) is 5.75 Å². The van der Waals surface area contributed by atoms with E-state index in [1.807, 2.05) is 24.3 Å². The van der Waals surface area contributed by atoms with Gasteiger partial charge in [0.2, 0.25) is 10.0 Å². The lowest BCUT2D eigenvalue weighted by Gasteiger charge is -2.13. The van der Waals surface area contributed by atoms with E-state index in [0.717, 1.165) is 22.3 Å². The lowest BCUT2D eigenvalue weighted by Crippen LogP contribution is -2.15. The van der Waals surface area contributed by atoms with Crippen LogP contribution in [0.5, 0.6) is 5.75 Å². The number of benzene rings is 2. The van der Waals surface area contributed by atoms with Gasteiger partial charge in [0.05, 0.1) is 36.3 Å². The van der Waals surface area contributed by atoms with Gasteiger partial charge in [-0.3, -0.25) is 9.82 Å². The molecule has 0 bridgehead atoms. The summed E-state index contributed by atoms with van der Waals surface area (Å²) in [6.07, 6.45) is 0. The molecule has 0 spiro atoms. The molecule has 0 saturated heterocycles. The van der Waals surface area contributed by atoms with Gasteiger partial charge in [-0.15, -0.1) is 0 Å². The first kappa shape index (κ1) is 17.1. The third kappa shape index (κ3) is 3.85. The van der Waals surface area contributed by atoms with Gasteiger partial charge in [-0.05, 0) is 25.1 Å². The summed E-state index contributed by atoms with van der Waals surface area (Å²) in [7, 11) is -1.85. The topological polar surface area (TPSA) is 96.1 Å². The van der Waals surface area contributed by atoms with Crippen LogP contribution in [-0.2, 0) is 16.6 Å². The zero-order chi connectivity index (χ0) is 17.9. The maximum Gasteiger partial charge on any atom is 0.232 e. The predicted octanol–water partition coefficient (Wildman–Crippen LogP) is 2.95. The first-order valence-corrected chi connectivity index (χ1v) is 9.52. The molecule has 8 heteroatoms. The fraction of sp³-hybridized carbons (Fsp3) is 0.235. The quantitative estimate of drug-likeness (QED) is 0.602. The lowest BCUT2D eigenvalue weighted by molar-refractivity contribution is 0.417. The molecule has 0 saturated carbocycles. The first-order chi connectivity index (χ1) is 12.0. The predicted molar refractivity (Wildman–Crippen MR) is 99.5 cm³/mol. The number of hydrogen-bond acceptors (Lipinski definition) is 5. The van der Waals surface area contributed by atoms with Gasteiger partial charge >= 0.3 is 0 Å². The number of nitrogens with zero attached hydrogens (tertiary/aromatic N) is 1. The maximum atomic E-state index is 11.7. The Bertz CT molecular complexity index is 982. The van der Waals surface area contributed by atoms with Crippen molar-refractivity contribution in [2.45, 2.75) is 13.5 Å². The van der Waals surface area contributed by atoms with Crippen LogP contribution in [-0.4, -0.2) is 31.5 Å². The minimum Gasteiger partial charge on any atom is -0.494 e. The Morgan fingerprint density at radius 2 is 2.00 bits per heavy atom. The fourth-order valence-electron chi connectivity index (χ4n) is 2.46. The van der Waals surface area contributed by atoms with E-state index in [2.05, 4.69) is 20.2 Å². The number of para-hydroxylation sites is 1. The van der Waals surface area contributed by atoms with Gasteiger partial charge in [-0.2, -0.15) is 5.10 Å². The number of anilines is 2. The zero-order valence-corrected chi connectivity index (χ0v) is 14.9. The molecule has 3 aromatic rings. The second-order valence-electron chi connectivity index (χ2n) is 5.49. The molecule has 1 heterocycles. The molecule has 0 atom stereocenters. The van der Waals surface area contributed by atoms with Crippen molar-refractivity contribution < 1.29 is 13.2 Å². The molecule has 3 N–H and O–H groups in total. The number of sulfonamides is 1. The SMILES string of the molecule is CCS(=O)(=O)Nc1ccc(NCc2[nH]nc3ccccc23)cc1OC. The van der Waals surface area contributed by atoms with Gasteiger partial charge in [0.1, 0.15) is 5.75 Å². The molecule has 0 aliphatic carbocycles. The van der Waals surface area contributed by atoms with E-state index in [4.69, 9.17) is 4.74 Å². The summed E-state index contributed by atoms with van der Waals surface area (Å²) in [5, 5.41) is 11.6. The van der Waals surface area contributed by atoms with Crippen LogP contribution in [0.3, 0.4) is 0 Å². The number of methoxy groups -OCH3 is 1. The van der Waals surface area contributed by atoms with Crippen molar-refractivity contribution in [2.24, 2.45) is 0 Å². The summed E-state index contributed by atoms with van der Waals surface area (Å²) in [4.78, 5) is 0. The third-order valence-corrected chi connectivity index (χ3v) is 5.15. The summed E-state index contributed by atoms with van der Waals surface area (Å²) in [6, 6.07) is 13.1. The molecule has 2 aromatic carbocycles. The molecule has 1 aromatic heterocycles. The Balaban J connectivity index is 1.77. The molecule has 0 unspecified atom stereocenters. The van der Waals surface area contributed by atoms with Crippen LogP contribution in [0.1, 0.15) is 12.6 Å². The third-order valence-electron chi connectivity index (χ3n) is 3.86. The number of aromatic nitrogens is 2. The monoisotopic (exact) mass is 360 g/mol. The standard InChI is InChI=1S/C17H20N4O3S/c1-3-25(22,23)21-15-9-8-12(10-17(15)24-2)18-11-16-13-6-4-5-7-14(13)19-20-16/h4-10,18,21H,3,11H2,1-2H3,(H,19,20). The Hall–Kier alpha value is -2.74. The van der Waals surface area contributed by atoms with Gasteiger partial charge < -0.3 is 10.1 Å². The van der Waals surface area contributed by atoms with Crippen LogP contribution in [0.2, 0.25) is 0 Å². The molecule has 0 aliphatic rings. The molecule has 3 rings (SSSR count). The normalized spacial score (nSPS) is 11.4. The van der Waals surface area contributed by atoms with Gasteiger partial charge in [-0.1, -0.05) is 18.2 Å². The van der Waals surface area contributed by atoms with Crippen molar-refractivity contribution in [2.75, 3.05) is 22.9 Å². The Morgan fingerprint density at radius 1 is 1.20 bits per heavy atom. The van der Waals surface area contributed by atoms with Crippen molar-refractivity contribution in [1.82, 2.24) is 10.2 Å². The van der Waals surface area contributed by atoms with E-state index < -0.39 is 10.0 Å². The number of aromatic amines is 1. The largest absolute Gasteiger partial charge is 0.494 e. The summed E-state index contributed by atoms with van der Waals surface area (Å²) in [5.41, 5.74) is 3.13. The van der Waals surface area contributed by atoms with Gasteiger partial charge in [0.25, 0.3) is 0 Å². The van der Waals surface area contributed by atoms with E-state index in [9.17, 15) is 8.42 Å². The zero-order valence-electron chi connectivity index (χ0n) is 14.0. The lowest BCUT2D eigenvalue weighted by atomic mass is 10.2. The Kier molecular flexibility index (Phi) is 4.80. The summed E-state index contributed by atoms with van der Waals surface area (Å²) >= 11 is 0. The molecular weight excluding hydrogens is 340 g/mol. The number of rotatable bonds is 7. The van der Waals surface area contributed by atoms with E-state index in [0.29, 0.717) is 18.0 Å². The van der Waals surface area contributed by atoms with Crippen LogP contribution in [0, 0.1) is 0 Å². The smallest absolute Gasteiger partial charge is 0.232 e.